The molecule has 1 aliphatic heterocycles. The Balaban J connectivity index is 1.63. The van der Waals surface area contributed by atoms with Crippen LogP contribution >= 0.6 is 0 Å². The fraction of sp³-hybridized carbons (Fsp3) is 0.391. The molecule has 1 N–H and O–H groups in total. The average molecular weight is 364 g/mol. The molecule has 0 saturated carbocycles. The molecular weight excluding hydrogens is 336 g/mol. The molecule has 142 valence electrons. The Morgan fingerprint density at radius 3 is 2.52 bits per heavy atom. The Kier molecular flexibility index (Phi) is 6.28. The van der Waals surface area contributed by atoms with Gasteiger partial charge in [-0.3, -0.25) is 9.59 Å². The first-order valence-electron chi connectivity index (χ1n) is 9.83. The summed E-state index contributed by atoms with van der Waals surface area (Å²) in [5.74, 6) is 0.463. The van der Waals surface area contributed by atoms with Crippen LogP contribution in [0.15, 0.2) is 54.6 Å². The zero-order chi connectivity index (χ0) is 19.2. The van der Waals surface area contributed by atoms with E-state index in [0.717, 1.165) is 30.6 Å². The van der Waals surface area contributed by atoms with Crippen LogP contribution in [-0.2, 0) is 9.59 Å². The highest BCUT2D eigenvalue weighted by molar-refractivity contribution is 5.95. The maximum absolute atomic E-state index is 12.6. The van der Waals surface area contributed by atoms with Crippen LogP contribution in [0.4, 0.5) is 5.69 Å². The molecule has 2 aromatic rings. The van der Waals surface area contributed by atoms with E-state index in [1.807, 2.05) is 54.3 Å². The number of nitrogens with zero attached hydrogens (tertiary/aromatic N) is 1. The number of benzene rings is 2. The summed E-state index contributed by atoms with van der Waals surface area (Å²) in [5, 5.41) is 3.12. The molecule has 2 atom stereocenters. The number of amides is 2. The molecule has 1 aliphatic rings. The average Bonchev–Trinajstić information content (AvgIpc) is 3.12. The van der Waals surface area contributed by atoms with Gasteiger partial charge in [0.1, 0.15) is 0 Å². The van der Waals surface area contributed by atoms with Gasteiger partial charge in [0.2, 0.25) is 11.8 Å². The zero-order valence-electron chi connectivity index (χ0n) is 16.2. The van der Waals surface area contributed by atoms with Crippen LogP contribution in [-0.4, -0.2) is 18.4 Å². The number of rotatable bonds is 7. The summed E-state index contributed by atoms with van der Waals surface area (Å²) in [4.78, 5) is 26.4. The van der Waals surface area contributed by atoms with Crippen molar-refractivity contribution in [3.05, 3.63) is 65.7 Å². The highest BCUT2D eigenvalue weighted by Gasteiger charge is 2.22. The van der Waals surface area contributed by atoms with Crippen molar-refractivity contribution in [1.82, 2.24) is 5.32 Å². The molecule has 0 aliphatic carbocycles. The summed E-state index contributed by atoms with van der Waals surface area (Å²) < 4.78 is 0. The molecule has 1 heterocycles. The van der Waals surface area contributed by atoms with Crippen LogP contribution in [0.2, 0.25) is 0 Å². The molecule has 4 heteroatoms. The van der Waals surface area contributed by atoms with Gasteiger partial charge in [0, 0.05) is 25.1 Å². The van der Waals surface area contributed by atoms with Gasteiger partial charge in [-0.05, 0) is 48.9 Å². The largest absolute Gasteiger partial charge is 0.350 e. The normalized spacial score (nSPS) is 16.2. The second-order valence-electron chi connectivity index (χ2n) is 7.25. The van der Waals surface area contributed by atoms with E-state index >= 15 is 0 Å². The van der Waals surface area contributed by atoms with Crippen molar-refractivity contribution in [2.45, 2.75) is 51.5 Å². The van der Waals surface area contributed by atoms with Gasteiger partial charge < -0.3 is 10.2 Å². The standard InChI is InChI=1S/C23H28N2O2/c1-3-18(19-9-5-4-6-10-19)16-22(26)24-17(2)20-11-7-12-21(15-20)25-14-8-13-23(25)27/h4-7,9-12,15,17-18H,3,8,13-14,16H2,1-2H3,(H,24,26). The van der Waals surface area contributed by atoms with Gasteiger partial charge in [-0.25, -0.2) is 0 Å². The van der Waals surface area contributed by atoms with E-state index in [1.165, 1.54) is 5.56 Å². The van der Waals surface area contributed by atoms with E-state index in [2.05, 4.69) is 24.4 Å². The van der Waals surface area contributed by atoms with Gasteiger partial charge in [-0.15, -0.1) is 0 Å². The summed E-state index contributed by atoms with van der Waals surface area (Å²) >= 11 is 0. The van der Waals surface area contributed by atoms with E-state index < -0.39 is 0 Å². The minimum atomic E-state index is -0.0940. The van der Waals surface area contributed by atoms with E-state index in [4.69, 9.17) is 0 Å². The van der Waals surface area contributed by atoms with Crippen LogP contribution in [0, 0.1) is 0 Å². The number of carbonyl (C=O) groups is 2. The summed E-state index contributed by atoms with van der Waals surface area (Å²) in [6.45, 7) is 4.88. The Bertz CT molecular complexity index is 788. The second-order valence-corrected chi connectivity index (χ2v) is 7.25. The first kappa shape index (κ1) is 19.2. The fourth-order valence-corrected chi connectivity index (χ4v) is 3.71. The van der Waals surface area contributed by atoms with Gasteiger partial charge in [0.15, 0.2) is 0 Å². The number of anilines is 1. The fourth-order valence-electron chi connectivity index (χ4n) is 3.71. The topological polar surface area (TPSA) is 49.4 Å². The van der Waals surface area contributed by atoms with Crippen molar-refractivity contribution in [2.75, 3.05) is 11.4 Å². The molecule has 4 nitrogen and oxygen atoms in total. The lowest BCUT2D eigenvalue weighted by Crippen LogP contribution is -2.28. The van der Waals surface area contributed by atoms with Crippen LogP contribution in [0.25, 0.3) is 0 Å². The molecule has 2 unspecified atom stereocenters. The van der Waals surface area contributed by atoms with E-state index in [9.17, 15) is 9.59 Å². The minimum absolute atomic E-state index is 0.0563. The highest BCUT2D eigenvalue weighted by Crippen LogP contribution is 2.26. The molecule has 0 spiro atoms. The van der Waals surface area contributed by atoms with Crippen LogP contribution in [0.3, 0.4) is 0 Å². The smallest absolute Gasteiger partial charge is 0.227 e. The highest BCUT2D eigenvalue weighted by atomic mass is 16.2. The molecule has 1 fully saturated rings. The molecule has 2 amide bonds. The molecule has 2 aromatic carbocycles. The number of nitrogens with one attached hydrogen (secondary N) is 1. The van der Waals surface area contributed by atoms with Crippen molar-refractivity contribution < 1.29 is 9.59 Å². The van der Waals surface area contributed by atoms with E-state index in [1.54, 1.807) is 0 Å². The number of carbonyl (C=O) groups excluding carboxylic acids is 2. The van der Waals surface area contributed by atoms with Crippen molar-refractivity contribution in [3.63, 3.8) is 0 Å². The summed E-state index contributed by atoms with van der Waals surface area (Å²) in [6.07, 6.45) is 2.94. The van der Waals surface area contributed by atoms with Crippen LogP contribution in [0.5, 0.6) is 0 Å². The maximum atomic E-state index is 12.6. The van der Waals surface area contributed by atoms with Gasteiger partial charge >= 0.3 is 0 Å². The summed E-state index contributed by atoms with van der Waals surface area (Å²) in [5.41, 5.74) is 3.15. The Labute approximate surface area is 161 Å². The molecule has 3 rings (SSSR count). The molecule has 0 radical (unpaired) electrons. The Hall–Kier alpha value is -2.62. The predicted octanol–water partition coefficient (Wildman–Crippen LogP) is 4.57. The monoisotopic (exact) mass is 364 g/mol. The second kappa shape index (κ2) is 8.85. The van der Waals surface area contributed by atoms with Gasteiger partial charge in [-0.1, -0.05) is 49.4 Å². The third-order valence-electron chi connectivity index (χ3n) is 5.33. The third kappa shape index (κ3) is 4.76. The molecule has 27 heavy (non-hydrogen) atoms. The molecule has 0 aromatic heterocycles. The lowest BCUT2D eigenvalue weighted by molar-refractivity contribution is -0.122. The number of hydrogen-bond donors (Lipinski definition) is 1. The van der Waals surface area contributed by atoms with Crippen LogP contribution < -0.4 is 10.2 Å². The Morgan fingerprint density at radius 1 is 1.11 bits per heavy atom. The first-order chi connectivity index (χ1) is 13.1. The Morgan fingerprint density at radius 2 is 1.85 bits per heavy atom. The number of hydrogen-bond acceptors (Lipinski definition) is 2. The maximum Gasteiger partial charge on any atom is 0.227 e. The lowest BCUT2D eigenvalue weighted by atomic mass is 9.93. The minimum Gasteiger partial charge on any atom is -0.350 e. The quantitative estimate of drug-likeness (QED) is 0.782. The molecular formula is C23H28N2O2. The molecule has 0 bridgehead atoms. The first-order valence-corrected chi connectivity index (χ1v) is 9.83. The van der Waals surface area contributed by atoms with E-state index in [-0.39, 0.29) is 23.8 Å². The summed E-state index contributed by atoms with van der Waals surface area (Å²) in [7, 11) is 0. The van der Waals surface area contributed by atoms with Crippen molar-refractivity contribution in [3.8, 4) is 0 Å². The summed E-state index contributed by atoms with van der Waals surface area (Å²) in [6, 6.07) is 18.0. The van der Waals surface area contributed by atoms with Crippen LogP contribution in [0.1, 0.15) is 62.6 Å². The van der Waals surface area contributed by atoms with Gasteiger partial charge in [-0.2, -0.15) is 0 Å². The van der Waals surface area contributed by atoms with Gasteiger partial charge in [0.05, 0.1) is 6.04 Å². The lowest BCUT2D eigenvalue weighted by Gasteiger charge is -2.21. The van der Waals surface area contributed by atoms with Crippen molar-refractivity contribution in [2.24, 2.45) is 0 Å². The third-order valence-corrected chi connectivity index (χ3v) is 5.33. The predicted molar refractivity (Wildman–Crippen MR) is 109 cm³/mol. The van der Waals surface area contributed by atoms with Crippen molar-refractivity contribution in [1.29, 1.82) is 0 Å². The molecule has 1 saturated heterocycles. The van der Waals surface area contributed by atoms with Crippen molar-refractivity contribution >= 4 is 17.5 Å². The SMILES string of the molecule is CCC(CC(=O)NC(C)c1cccc(N2CCCC2=O)c1)c1ccccc1. The van der Waals surface area contributed by atoms with Gasteiger partial charge in [0.25, 0.3) is 0 Å². The van der Waals surface area contributed by atoms with E-state index in [0.29, 0.717) is 12.8 Å². The zero-order valence-corrected chi connectivity index (χ0v) is 16.2.